The molecular weight excluding hydrogens is 574 g/mol. The fourth-order valence-electron chi connectivity index (χ4n) is 5.62. The minimum Gasteiger partial charge on any atom is -0.496 e. The molecule has 5 heterocycles. The van der Waals surface area contributed by atoms with Crippen molar-refractivity contribution in [2.24, 2.45) is 5.73 Å². The van der Waals surface area contributed by atoms with Crippen molar-refractivity contribution in [3.05, 3.63) is 62.3 Å². The minimum absolute atomic E-state index is 0.170. The van der Waals surface area contributed by atoms with Crippen LogP contribution in [0.4, 0.5) is 5.69 Å². The van der Waals surface area contributed by atoms with E-state index < -0.39 is 11.7 Å². The van der Waals surface area contributed by atoms with Gasteiger partial charge >= 0.3 is 5.76 Å². The fraction of sp³-hybridized carbons (Fsp3) is 0.393. The molecule has 1 fully saturated rings. The van der Waals surface area contributed by atoms with Crippen LogP contribution in [-0.4, -0.2) is 92.5 Å². The van der Waals surface area contributed by atoms with Crippen LogP contribution in [0.5, 0.6) is 5.75 Å². The van der Waals surface area contributed by atoms with Gasteiger partial charge in [0.25, 0.3) is 11.5 Å². The first-order chi connectivity index (χ1) is 21.3. The van der Waals surface area contributed by atoms with Crippen molar-refractivity contribution in [2.45, 2.75) is 26.3 Å². The molecule has 0 spiro atoms. The van der Waals surface area contributed by atoms with Gasteiger partial charge in [-0.15, -0.1) is 5.10 Å². The molecule has 44 heavy (non-hydrogen) atoms. The average Bonchev–Trinajstić information content (AvgIpc) is 3.69. The number of rotatable bonds is 8. The number of ether oxygens (including phenoxy) is 2. The van der Waals surface area contributed by atoms with Gasteiger partial charge in [-0.25, -0.2) is 4.79 Å². The van der Waals surface area contributed by atoms with Gasteiger partial charge in [0.05, 0.1) is 31.6 Å². The molecule has 2 aliphatic rings. The molecule has 2 aliphatic heterocycles. The van der Waals surface area contributed by atoms with Gasteiger partial charge in [0.2, 0.25) is 11.7 Å². The number of amides is 2. The van der Waals surface area contributed by atoms with E-state index in [0.29, 0.717) is 86.3 Å². The molecule has 3 N–H and O–H groups in total. The van der Waals surface area contributed by atoms with Gasteiger partial charge in [-0.05, 0) is 30.5 Å². The maximum Gasteiger partial charge on any atom is 0.439 e. The lowest BCUT2D eigenvalue weighted by Gasteiger charge is -2.37. The minimum atomic E-state index is -0.690. The summed E-state index contributed by atoms with van der Waals surface area (Å²) in [7, 11) is 1.45. The topological polar surface area (TPSA) is 196 Å². The summed E-state index contributed by atoms with van der Waals surface area (Å²) >= 11 is 0. The second kappa shape index (κ2) is 11.8. The highest BCUT2D eigenvalue weighted by Gasteiger charge is 2.30. The molecule has 16 heteroatoms. The van der Waals surface area contributed by atoms with Crippen molar-refractivity contribution in [1.29, 1.82) is 0 Å². The summed E-state index contributed by atoms with van der Waals surface area (Å²) in [5, 5.41) is 8.21. The highest BCUT2D eigenvalue weighted by molar-refractivity contribution is 5.97. The van der Waals surface area contributed by atoms with Crippen LogP contribution >= 0.6 is 0 Å². The summed E-state index contributed by atoms with van der Waals surface area (Å²) in [5.74, 6) is -0.321. The summed E-state index contributed by atoms with van der Waals surface area (Å²) in [5.41, 5.74) is 8.00. The maximum absolute atomic E-state index is 13.9. The first kappa shape index (κ1) is 28.9. The Labute approximate surface area is 249 Å². The van der Waals surface area contributed by atoms with Crippen LogP contribution in [-0.2, 0) is 22.5 Å². The van der Waals surface area contributed by atoms with E-state index in [9.17, 15) is 19.2 Å². The summed E-state index contributed by atoms with van der Waals surface area (Å²) in [6.45, 7) is 4.06. The van der Waals surface area contributed by atoms with Gasteiger partial charge in [-0.3, -0.25) is 23.9 Å². The smallest absolute Gasteiger partial charge is 0.439 e. The number of hydrogen-bond acceptors (Lipinski definition) is 11. The summed E-state index contributed by atoms with van der Waals surface area (Å²) in [6.07, 6.45) is 2.93. The number of primary amides is 1. The number of nitrogens with zero attached hydrogens (tertiary/aromatic N) is 7. The monoisotopic (exact) mass is 605 g/mol. The van der Waals surface area contributed by atoms with Gasteiger partial charge in [0.15, 0.2) is 11.6 Å². The molecule has 1 aromatic carbocycles. The van der Waals surface area contributed by atoms with E-state index in [0.717, 1.165) is 5.57 Å². The molecule has 230 valence electrons. The number of piperazine rings is 1. The summed E-state index contributed by atoms with van der Waals surface area (Å²) < 4.78 is 18.3. The highest BCUT2D eigenvalue weighted by atomic mass is 16.5. The van der Waals surface area contributed by atoms with Crippen molar-refractivity contribution < 1.29 is 23.6 Å². The Balaban J connectivity index is 1.29. The lowest BCUT2D eigenvalue weighted by atomic mass is 10.1. The van der Waals surface area contributed by atoms with Crippen molar-refractivity contribution >= 4 is 28.9 Å². The van der Waals surface area contributed by atoms with Crippen molar-refractivity contribution in [2.75, 3.05) is 51.4 Å². The number of methoxy groups -OCH3 is 1. The Hall–Kier alpha value is -5.25. The van der Waals surface area contributed by atoms with Crippen LogP contribution in [0.3, 0.4) is 0 Å². The molecule has 0 unspecified atom stereocenters. The summed E-state index contributed by atoms with van der Waals surface area (Å²) in [6, 6.07) is 4.86. The second-order valence-corrected chi connectivity index (χ2v) is 10.3. The van der Waals surface area contributed by atoms with Crippen molar-refractivity contribution in [1.82, 2.24) is 34.2 Å². The van der Waals surface area contributed by atoms with Gasteiger partial charge < -0.3 is 29.6 Å². The number of carbonyl (C=O) groups excluding carboxylic acids is 2. The molecule has 0 radical (unpaired) electrons. The average molecular weight is 606 g/mol. The van der Waals surface area contributed by atoms with E-state index in [1.807, 2.05) is 17.9 Å². The standard InChI is InChI=1S/C28H31N9O7/c1-3-19-22(26(40)37-27(36(19)15-21(29)38)30-23(32-37)16-6-12-43-13-7-16)34-8-10-35(11-9-34)25(39)18-5-4-17(14-20(18)42-2)24-31-28(41)44-33-24/h4-6,14H,3,7-13,15H2,1-2H3,(H2,29,38)(H,31,33,41). The highest BCUT2D eigenvalue weighted by Crippen LogP contribution is 2.28. The maximum atomic E-state index is 13.9. The van der Waals surface area contributed by atoms with Crippen LogP contribution in [0.25, 0.3) is 22.7 Å². The van der Waals surface area contributed by atoms with Crippen LogP contribution in [0.15, 0.2) is 38.4 Å². The molecule has 6 rings (SSSR count). The number of hydrogen-bond donors (Lipinski definition) is 2. The summed E-state index contributed by atoms with van der Waals surface area (Å²) in [4.78, 5) is 61.6. The Bertz CT molecular complexity index is 1890. The van der Waals surface area contributed by atoms with Gasteiger partial charge in [-0.2, -0.15) is 9.50 Å². The Morgan fingerprint density at radius 3 is 2.59 bits per heavy atom. The lowest BCUT2D eigenvalue weighted by molar-refractivity contribution is -0.118. The van der Waals surface area contributed by atoms with Crippen LogP contribution in [0.1, 0.15) is 35.2 Å². The Morgan fingerprint density at radius 2 is 1.95 bits per heavy atom. The van der Waals surface area contributed by atoms with Gasteiger partial charge in [0, 0.05) is 31.7 Å². The molecule has 1 saturated heterocycles. The number of fused-ring (bicyclic) bond motifs is 1. The third-order valence-corrected chi connectivity index (χ3v) is 7.75. The van der Waals surface area contributed by atoms with E-state index in [4.69, 9.17) is 15.2 Å². The third kappa shape index (κ3) is 5.23. The molecule has 2 amide bonds. The number of anilines is 1. The zero-order valence-corrected chi connectivity index (χ0v) is 24.2. The number of carbonyl (C=O) groups is 2. The largest absolute Gasteiger partial charge is 0.496 e. The van der Waals surface area contributed by atoms with E-state index in [1.165, 1.54) is 11.6 Å². The van der Waals surface area contributed by atoms with Gasteiger partial charge in [-0.1, -0.05) is 24.2 Å². The second-order valence-electron chi connectivity index (χ2n) is 10.3. The molecule has 0 aliphatic carbocycles. The Morgan fingerprint density at radius 1 is 1.16 bits per heavy atom. The zero-order chi connectivity index (χ0) is 31.0. The zero-order valence-electron chi connectivity index (χ0n) is 24.2. The number of aromatic nitrogens is 6. The van der Waals surface area contributed by atoms with Crippen LogP contribution in [0.2, 0.25) is 0 Å². The van der Waals surface area contributed by atoms with E-state index in [-0.39, 0.29) is 29.6 Å². The van der Waals surface area contributed by atoms with Crippen LogP contribution < -0.4 is 26.7 Å². The molecule has 0 bridgehead atoms. The van der Waals surface area contributed by atoms with Crippen molar-refractivity contribution in [3.63, 3.8) is 0 Å². The molecule has 3 aromatic heterocycles. The van der Waals surface area contributed by atoms with Gasteiger partial charge in [0.1, 0.15) is 18.0 Å². The molecular formula is C28H31N9O7. The molecule has 0 atom stereocenters. The van der Waals surface area contributed by atoms with E-state index >= 15 is 0 Å². The SMILES string of the molecule is CCc1c(N2CCN(C(=O)c3ccc(-c4noc(=O)[nH]4)cc3OC)CC2)c(=O)n2nc(C3=CCOCC3)nc2n1CC(N)=O. The number of benzene rings is 1. The number of nitrogens with two attached hydrogens (primary N) is 1. The predicted octanol–water partition coefficient (Wildman–Crippen LogP) is 0.0567. The predicted molar refractivity (Wildman–Crippen MR) is 156 cm³/mol. The molecule has 0 saturated carbocycles. The number of H-pyrrole nitrogens is 1. The fourth-order valence-corrected chi connectivity index (χ4v) is 5.62. The Kier molecular flexibility index (Phi) is 7.73. The quantitative estimate of drug-likeness (QED) is 0.275. The molecule has 16 nitrogen and oxygen atoms in total. The first-order valence-electron chi connectivity index (χ1n) is 14.2. The van der Waals surface area contributed by atoms with E-state index in [2.05, 4.69) is 24.7 Å². The third-order valence-electron chi connectivity index (χ3n) is 7.75. The number of nitrogens with one attached hydrogen (secondary N) is 1. The van der Waals surface area contributed by atoms with Crippen molar-refractivity contribution in [3.8, 4) is 17.1 Å². The molecule has 4 aromatic rings. The first-order valence-corrected chi connectivity index (χ1v) is 14.2. The lowest BCUT2D eigenvalue weighted by Crippen LogP contribution is -2.51. The van der Waals surface area contributed by atoms with E-state index in [1.54, 1.807) is 27.7 Å². The van der Waals surface area contributed by atoms with Crippen LogP contribution in [0, 0.1) is 0 Å². The number of aromatic amines is 1. The normalized spacial score (nSPS) is 15.5.